The molecule has 0 saturated heterocycles. The molecule has 0 radical (unpaired) electrons. The molecule has 1 N–H and O–H groups in total. The lowest BCUT2D eigenvalue weighted by Gasteiger charge is -2.32. The van der Waals surface area contributed by atoms with Gasteiger partial charge in [0.05, 0.1) is 24.2 Å². The second-order valence-corrected chi connectivity index (χ2v) is 8.83. The maximum Gasteiger partial charge on any atom is 0.416 e. The summed E-state index contributed by atoms with van der Waals surface area (Å²) in [7, 11) is 1.54. The molecule has 2 heterocycles. The van der Waals surface area contributed by atoms with E-state index in [1.807, 2.05) is 0 Å². The van der Waals surface area contributed by atoms with Crippen molar-refractivity contribution in [3.8, 4) is 0 Å². The van der Waals surface area contributed by atoms with Crippen LogP contribution in [0.1, 0.15) is 46.7 Å². The molecule has 1 atom stereocenters. The molecule has 0 spiro atoms. The van der Waals surface area contributed by atoms with Gasteiger partial charge in [-0.2, -0.15) is 31.1 Å². The molecule has 1 aliphatic heterocycles. The monoisotopic (exact) mass is 518 g/mol. The Balaban J connectivity index is 1.82. The predicted molar refractivity (Wildman–Crippen MR) is 118 cm³/mol. The highest BCUT2D eigenvalue weighted by Gasteiger charge is 2.36. The first-order valence-corrected chi connectivity index (χ1v) is 11.0. The fourth-order valence-corrected chi connectivity index (χ4v) is 4.53. The lowest BCUT2D eigenvalue weighted by Crippen LogP contribution is -2.30. The Morgan fingerprint density at radius 3 is 2.46 bits per heavy atom. The SMILES string of the molecule is Cc1cc2c(cc1C(F)(F)F)NCCC[C@@H]2N(Cc1cc(Cl)cc(C(F)(F)F)c1)c1nnn(C)n1. The highest BCUT2D eigenvalue weighted by molar-refractivity contribution is 6.30. The second kappa shape index (κ2) is 9.21. The Morgan fingerprint density at radius 1 is 1.09 bits per heavy atom. The summed E-state index contributed by atoms with van der Waals surface area (Å²) in [5.74, 6) is 0.136. The first kappa shape index (κ1) is 25.1. The van der Waals surface area contributed by atoms with Crippen LogP contribution in [0.15, 0.2) is 30.3 Å². The van der Waals surface area contributed by atoms with Gasteiger partial charge in [0.15, 0.2) is 0 Å². The van der Waals surface area contributed by atoms with E-state index in [0.29, 0.717) is 30.6 Å². The van der Waals surface area contributed by atoms with Crippen LogP contribution in [0.3, 0.4) is 0 Å². The molecule has 6 nitrogen and oxygen atoms in total. The molecule has 35 heavy (non-hydrogen) atoms. The van der Waals surface area contributed by atoms with E-state index < -0.39 is 29.5 Å². The molecule has 0 unspecified atom stereocenters. The highest BCUT2D eigenvalue weighted by atomic mass is 35.5. The molecular formula is C22H21ClF6N6. The van der Waals surface area contributed by atoms with Crippen LogP contribution in [0.2, 0.25) is 5.02 Å². The molecule has 0 aliphatic carbocycles. The van der Waals surface area contributed by atoms with Gasteiger partial charge < -0.3 is 10.2 Å². The maximum atomic E-state index is 13.5. The summed E-state index contributed by atoms with van der Waals surface area (Å²) in [5.41, 5.74) is -0.488. The van der Waals surface area contributed by atoms with Crippen molar-refractivity contribution in [1.29, 1.82) is 0 Å². The van der Waals surface area contributed by atoms with Crippen LogP contribution in [-0.4, -0.2) is 26.8 Å². The summed E-state index contributed by atoms with van der Waals surface area (Å²) in [5, 5.41) is 15.1. The normalized spacial score (nSPS) is 16.4. The quantitative estimate of drug-likeness (QED) is 0.419. The van der Waals surface area contributed by atoms with Gasteiger partial charge in [0.2, 0.25) is 0 Å². The molecule has 0 amide bonds. The third kappa shape index (κ3) is 5.47. The molecule has 4 rings (SSSR count). The second-order valence-electron chi connectivity index (χ2n) is 8.39. The van der Waals surface area contributed by atoms with Gasteiger partial charge in [-0.1, -0.05) is 22.8 Å². The lowest BCUT2D eigenvalue weighted by atomic mass is 9.95. The summed E-state index contributed by atoms with van der Waals surface area (Å²) in [6.07, 6.45) is -8.03. The van der Waals surface area contributed by atoms with E-state index in [0.717, 1.165) is 18.2 Å². The van der Waals surface area contributed by atoms with Crippen LogP contribution < -0.4 is 10.2 Å². The van der Waals surface area contributed by atoms with Gasteiger partial charge >= 0.3 is 12.4 Å². The summed E-state index contributed by atoms with van der Waals surface area (Å²) < 4.78 is 80.7. The standard InChI is InChI=1S/C22H21ClF6N6/c1-12-6-16-18(10-17(12)22(27,28)29)30-5-3-4-19(16)35(20-31-33-34(2)32-20)11-13-7-14(21(24,25)26)9-15(23)8-13/h6-10,19,30H,3-5,11H2,1-2H3/t19-/m0/s1. The average molecular weight is 519 g/mol. The van der Waals surface area contributed by atoms with Crippen molar-refractivity contribution in [3.63, 3.8) is 0 Å². The minimum absolute atomic E-state index is 0.0409. The molecule has 1 aliphatic rings. The van der Waals surface area contributed by atoms with E-state index in [1.165, 1.54) is 30.9 Å². The van der Waals surface area contributed by atoms with Gasteiger partial charge in [-0.3, -0.25) is 0 Å². The van der Waals surface area contributed by atoms with Crippen molar-refractivity contribution in [3.05, 3.63) is 63.2 Å². The van der Waals surface area contributed by atoms with Crippen molar-refractivity contribution < 1.29 is 26.3 Å². The molecule has 2 aromatic carbocycles. The van der Waals surface area contributed by atoms with Crippen LogP contribution in [0, 0.1) is 6.92 Å². The largest absolute Gasteiger partial charge is 0.416 e. The Kier molecular flexibility index (Phi) is 6.60. The van der Waals surface area contributed by atoms with E-state index >= 15 is 0 Å². The number of aryl methyl sites for hydroxylation is 2. The fraction of sp³-hybridized carbons (Fsp3) is 0.409. The number of hydrogen-bond donors (Lipinski definition) is 1. The lowest BCUT2D eigenvalue weighted by molar-refractivity contribution is -0.138. The predicted octanol–water partition coefficient (Wildman–Crippen LogP) is 6.16. The van der Waals surface area contributed by atoms with E-state index in [-0.39, 0.29) is 28.6 Å². The number of halogens is 7. The Labute approximate surface area is 201 Å². The smallest absolute Gasteiger partial charge is 0.385 e. The molecular weight excluding hydrogens is 498 g/mol. The summed E-state index contributed by atoms with van der Waals surface area (Å²) in [6.45, 7) is 1.74. The van der Waals surface area contributed by atoms with Crippen molar-refractivity contribution in [2.24, 2.45) is 7.05 Å². The molecule has 0 saturated carbocycles. The number of nitrogens with one attached hydrogen (secondary N) is 1. The van der Waals surface area contributed by atoms with E-state index in [1.54, 1.807) is 4.90 Å². The van der Waals surface area contributed by atoms with Crippen molar-refractivity contribution in [2.45, 2.75) is 44.7 Å². The molecule has 1 aromatic heterocycles. The van der Waals surface area contributed by atoms with Gasteiger partial charge in [0, 0.05) is 23.8 Å². The van der Waals surface area contributed by atoms with E-state index in [2.05, 4.69) is 20.7 Å². The number of tetrazole rings is 1. The number of fused-ring (bicyclic) bond motifs is 1. The van der Waals surface area contributed by atoms with Crippen LogP contribution >= 0.6 is 11.6 Å². The number of anilines is 2. The minimum atomic E-state index is -4.60. The highest BCUT2D eigenvalue weighted by Crippen LogP contribution is 2.42. The van der Waals surface area contributed by atoms with Crippen molar-refractivity contribution in [1.82, 2.24) is 20.2 Å². The first-order valence-electron chi connectivity index (χ1n) is 10.7. The zero-order valence-corrected chi connectivity index (χ0v) is 19.4. The number of hydrogen-bond acceptors (Lipinski definition) is 5. The molecule has 188 valence electrons. The van der Waals surface area contributed by atoms with Crippen LogP contribution in [-0.2, 0) is 25.9 Å². The minimum Gasteiger partial charge on any atom is -0.385 e. The summed E-state index contributed by atoms with van der Waals surface area (Å²) >= 11 is 5.98. The zero-order chi connectivity index (χ0) is 25.5. The number of aromatic nitrogens is 4. The van der Waals surface area contributed by atoms with Crippen molar-refractivity contribution in [2.75, 3.05) is 16.8 Å². The van der Waals surface area contributed by atoms with Gasteiger partial charge in [0.25, 0.3) is 5.95 Å². The Hall–Kier alpha value is -3.02. The summed E-state index contributed by atoms with van der Waals surface area (Å²) in [4.78, 5) is 2.85. The number of nitrogens with zero attached hydrogens (tertiary/aromatic N) is 5. The molecule has 0 fully saturated rings. The Bertz CT molecular complexity index is 1220. The number of rotatable bonds is 4. The Morgan fingerprint density at radius 2 is 1.83 bits per heavy atom. The van der Waals surface area contributed by atoms with Crippen LogP contribution in [0.5, 0.6) is 0 Å². The van der Waals surface area contributed by atoms with Gasteiger partial charge in [-0.25, -0.2) is 0 Å². The van der Waals surface area contributed by atoms with Crippen molar-refractivity contribution >= 4 is 23.2 Å². The van der Waals surface area contributed by atoms with Gasteiger partial charge in [0.1, 0.15) is 0 Å². The topological polar surface area (TPSA) is 58.9 Å². The van der Waals surface area contributed by atoms with E-state index in [9.17, 15) is 26.3 Å². The van der Waals surface area contributed by atoms with Gasteiger partial charge in [-0.15, -0.1) is 5.10 Å². The van der Waals surface area contributed by atoms with Gasteiger partial charge in [-0.05, 0) is 65.9 Å². The molecule has 0 bridgehead atoms. The number of alkyl halides is 6. The van der Waals surface area contributed by atoms with Crippen LogP contribution in [0.4, 0.5) is 38.0 Å². The third-order valence-corrected chi connectivity index (χ3v) is 6.02. The zero-order valence-electron chi connectivity index (χ0n) is 18.7. The summed E-state index contributed by atoms with van der Waals surface area (Å²) in [6, 6.07) is 5.24. The maximum absolute atomic E-state index is 13.5. The van der Waals surface area contributed by atoms with E-state index in [4.69, 9.17) is 11.6 Å². The fourth-order valence-electron chi connectivity index (χ4n) is 4.27. The first-order chi connectivity index (χ1) is 16.3. The average Bonchev–Trinajstić information content (AvgIpc) is 3.06. The molecule has 13 heteroatoms. The molecule has 3 aromatic rings. The number of benzene rings is 2. The van der Waals surface area contributed by atoms with Crippen LogP contribution in [0.25, 0.3) is 0 Å². The third-order valence-electron chi connectivity index (χ3n) is 5.80.